The van der Waals surface area contributed by atoms with Crippen LogP contribution in [0.25, 0.3) is 0 Å². The van der Waals surface area contributed by atoms with E-state index in [0.717, 1.165) is 48.2 Å². The van der Waals surface area contributed by atoms with E-state index in [-0.39, 0.29) is 24.4 Å². The minimum Gasteiger partial charge on any atom is -0.299 e. The molecule has 1 saturated carbocycles. The largest absolute Gasteiger partial charge is 0.299 e. The number of carbonyl (C=O) groups is 2. The summed E-state index contributed by atoms with van der Waals surface area (Å²) in [5, 5.41) is 17.7. The van der Waals surface area contributed by atoms with Gasteiger partial charge in [0.05, 0.1) is 35.6 Å². The van der Waals surface area contributed by atoms with Crippen LogP contribution in [0.4, 0.5) is 0 Å². The van der Waals surface area contributed by atoms with Crippen molar-refractivity contribution in [2.75, 3.05) is 0 Å². The zero-order chi connectivity index (χ0) is 26.2. The summed E-state index contributed by atoms with van der Waals surface area (Å²) in [7, 11) is 0. The third-order valence-electron chi connectivity index (χ3n) is 7.05. The molecule has 4 aromatic rings. The van der Waals surface area contributed by atoms with Crippen LogP contribution >= 0.6 is 0 Å². The van der Waals surface area contributed by atoms with Gasteiger partial charge in [-0.3, -0.25) is 19.6 Å². The molecule has 0 bridgehead atoms. The molecule has 1 fully saturated rings. The van der Waals surface area contributed by atoms with E-state index < -0.39 is 0 Å². The molecule has 0 spiro atoms. The maximum absolute atomic E-state index is 12.4. The number of aromatic nitrogens is 6. The van der Waals surface area contributed by atoms with Gasteiger partial charge in [-0.1, -0.05) is 6.42 Å². The number of rotatable bonds is 10. The Morgan fingerprint density at radius 3 is 1.42 bits per heavy atom. The van der Waals surface area contributed by atoms with Crippen molar-refractivity contribution in [1.82, 2.24) is 30.4 Å². The Hall–Kier alpha value is -4.20. The quantitative estimate of drug-likeness (QED) is 0.315. The molecule has 4 heterocycles. The first-order chi connectivity index (χ1) is 18.6. The van der Waals surface area contributed by atoms with E-state index in [0.29, 0.717) is 36.1 Å². The van der Waals surface area contributed by atoms with E-state index in [1.807, 2.05) is 48.5 Å². The average molecular weight is 507 g/mol. The third-order valence-corrected chi connectivity index (χ3v) is 7.05. The normalized spacial score (nSPS) is 17.2. The van der Waals surface area contributed by atoms with Gasteiger partial charge in [0.1, 0.15) is 11.6 Å². The summed E-state index contributed by atoms with van der Waals surface area (Å²) in [6.07, 6.45) is 12.2. The molecule has 0 radical (unpaired) electrons. The Morgan fingerprint density at radius 1 is 0.579 bits per heavy atom. The van der Waals surface area contributed by atoms with Crippen molar-refractivity contribution >= 4 is 11.6 Å². The Bertz CT molecular complexity index is 1240. The van der Waals surface area contributed by atoms with Crippen LogP contribution in [-0.4, -0.2) is 41.9 Å². The Morgan fingerprint density at radius 2 is 1.03 bits per heavy atom. The first-order valence-corrected chi connectivity index (χ1v) is 13.1. The van der Waals surface area contributed by atoms with Gasteiger partial charge in [0.25, 0.3) is 0 Å². The fourth-order valence-corrected chi connectivity index (χ4v) is 5.08. The van der Waals surface area contributed by atoms with Crippen LogP contribution in [0.15, 0.2) is 73.3 Å². The van der Waals surface area contributed by atoms with E-state index in [1.54, 1.807) is 24.8 Å². The number of Topliss-reactive ketones (excluding diaryl/α,β-unsaturated/α-hetero) is 2. The molecule has 2 atom stereocenters. The van der Waals surface area contributed by atoms with Crippen molar-refractivity contribution in [3.05, 3.63) is 107 Å². The molecule has 192 valence electrons. The molecular formula is C30H30N6O2. The number of hydrogen-bond acceptors (Lipinski definition) is 8. The van der Waals surface area contributed by atoms with Gasteiger partial charge in [0.15, 0.2) is 0 Å². The Kier molecular flexibility index (Phi) is 8.28. The Balaban J connectivity index is 1.14. The maximum atomic E-state index is 12.4. The van der Waals surface area contributed by atoms with Gasteiger partial charge in [0, 0.05) is 49.5 Å². The summed E-state index contributed by atoms with van der Waals surface area (Å²) >= 11 is 0. The van der Waals surface area contributed by atoms with Gasteiger partial charge in [-0.05, 0) is 78.9 Å². The van der Waals surface area contributed by atoms with E-state index in [9.17, 15) is 9.59 Å². The van der Waals surface area contributed by atoms with Crippen LogP contribution in [0.3, 0.4) is 0 Å². The summed E-state index contributed by atoms with van der Waals surface area (Å²) in [6.45, 7) is 0. The second-order valence-corrected chi connectivity index (χ2v) is 9.95. The first-order valence-electron chi connectivity index (χ1n) is 13.1. The average Bonchev–Trinajstić information content (AvgIpc) is 2.95. The molecule has 0 amide bonds. The molecule has 1 aliphatic rings. The predicted octanol–water partition coefficient (Wildman–Crippen LogP) is 4.21. The van der Waals surface area contributed by atoms with Gasteiger partial charge in [-0.2, -0.15) is 20.4 Å². The van der Waals surface area contributed by atoms with E-state index in [4.69, 9.17) is 0 Å². The monoisotopic (exact) mass is 506 g/mol. The van der Waals surface area contributed by atoms with Crippen molar-refractivity contribution in [3.63, 3.8) is 0 Å². The minimum absolute atomic E-state index is 0.108. The lowest BCUT2D eigenvalue weighted by molar-refractivity contribution is -0.118. The molecule has 8 nitrogen and oxygen atoms in total. The molecule has 0 unspecified atom stereocenters. The summed E-state index contributed by atoms with van der Waals surface area (Å²) in [4.78, 5) is 32.8. The lowest BCUT2D eigenvalue weighted by Crippen LogP contribution is -2.17. The van der Waals surface area contributed by atoms with Gasteiger partial charge in [-0.25, -0.2) is 0 Å². The van der Waals surface area contributed by atoms with Crippen molar-refractivity contribution in [1.29, 1.82) is 0 Å². The summed E-state index contributed by atoms with van der Waals surface area (Å²) < 4.78 is 0. The second-order valence-electron chi connectivity index (χ2n) is 9.95. The maximum Gasteiger partial charge on any atom is 0.143 e. The van der Waals surface area contributed by atoms with Crippen molar-refractivity contribution < 1.29 is 9.59 Å². The highest BCUT2D eigenvalue weighted by molar-refractivity contribution is 5.83. The van der Waals surface area contributed by atoms with Crippen molar-refractivity contribution in [3.8, 4) is 0 Å². The van der Waals surface area contributed by atoms with Crippen LogP contribution < -0.4 is 0 Å². The molecule has 8 heteroatoms. The fraction of sp³-hybridized carbons (Fsp3) is 0.333. The number of nitrogens with zero attached hydrogens (tertiary/aromatic N) is 6. The molecule has 0 saturated heterocycles. The number of ketones is 2. The fourth-order valence-electron chi connectivity index (χ4n) is 5.08. The molecule has 38 heavy (non-hydrogen) atoms. The molecule has 1 aliphatic carbocycles. The van der Waals surface area contributed by atoms with Crippen LogP contribution in [-0.2, 0) is 35.3 Å². The van der Waals surface area contributed by atoms with Crippen LogP contribution in [0.2, 0.25) is 0 Å². The number of carbonyl (C=O) groups excluding carboxylic acids is 2. The second kappa shape index (κ2) is 12.4. The minimum atomic E-state index is 0.108. The molecule has 4 aromatic heterocycles. The summed E-state index contributed by atoms with van der Waals surface area (Å²) in [5.41, 5.74) is 5.23. The molecule has 5 rings (SSSR count). The summed E-state index contributed by atoms with van der Waals surface area (Å²) in [5.74, 6) is 0.812. The SMILES string of the molecule is O=C(Cc1ccncc1)Cc1ccc([C@@H]2CCC[C@@H](c3ccc(CC(=O)Cc4ccncc4)nn3)C2)nn1. The van der Waals surface area contributed by atoms with Crippen molar-refractivity contribution in [2.45, 2.75) is 63.2 Å². The Labute approximate surface area is 222 Å². The smallest absolute Gasteiger partial charge is 0.143 e. The highest BCUT2D eigenvalue weighted by Crippen LogP contribution is 2.39. The number of pyridine rings is 2. The topological polar surface area (TPSA) is 111 Å². The highest BCUT2D eigenvalue weighted by Gasteiger charge is 2.27. The van der Waals surface area contributed by atoms with Crippen molar-refractivity contribution in [2.24, 2.45) is 0 Å². The third kappa shape index (κ3) is 6.97. The zero-order valence-electron chi connectivity index (χ0n) is 21.2. The lowest BCUT2D eigenvalue weighted by Gasteiger charge is -2.28. The predicted molar refractivity (Wildman–Crippen MR) is 141 cm³/mol. The van der Waals surface area contributed by atoms with E-state index >= 15 is 0 Å². The van der Waals surface area contributed by atoms with Gasteiger partial charge >= 0.3 is 0 Å². The number of hydrogen-bond donors (Lipinski definition) is 0. The lowest BCUT2D eigenvalue weighted by atomic mass is 9.78. The summed E-state index contributed by atoms with van der Waals surface area (Å²) in [6, 6.07) is 15.3. The van der Waals surface area contributed by atoms with Crippen LogP contribution in [0.5, 0.6) is 0 Å². The highest BCUT2D eigenvalue weighted by atomic mass is 16.1. The zero-order valence-corrected chi connectivity index (χ0v) is 21.2. The van der Waals surface area contributed by atoms with E-state index in [1.165, 1.54) is 0 Å². The molecule has 0 N–H and O–H groups in total. The van der Waals surface area contributed by atoms with Gasteiger partial charge < -0.3 is 0 Å². The molecular weight excluding hydrogens is 476 g/mol. The molecule has 0 aliphatic heterocycles. The standard InChI is InChI=1S/C30H30N6O2/c37-27(16-21-8-12-31-13-9-21)19-25-4-6-29(35-33-25)23-2-1-3-24(18-23)30-7-5-26(34-36-30)20-28(38)17-22-10-14-32-15-11-22/h4-15,23-24H,1-3,16-20H2/t23-,24-/m1/s1. The first kappa shape index (κ1) is 25.4. The van der Waals surface area contributed by atoms with Crippen LogP contribution in [0.1, 0.15) is 71.4 Å². The molecule has 0 aromatic carbocycles. The van der Waals surface area contributed by atoms with Crippen LogP contribution in [0, 0.1) is 0 Å². The van der Waals surface area contributed by atoms with E-state index in [2.05, 4.69) is 30.4 Å². The van der Waals surface area contributed by atoms with Gasteiger partial charge in [-0.15, -0.1) is 0 Å². The van der Waals surface area contributed by atoms with Gasteiger partial charge in [0.2, 0.25) is 0 Å².